The highest BCUT2D eigenvalue weighted by Gasteiger charge is 2.11. The maximum Gasteiger partial charge on any atom is 0.338 e. The number of hydrogen-bond acceptors (Lipinski definition) is 6. The first-order chi connectivity index (χ1) is 15.8. The Balaban J connectivity index is 1.66. The van der Waals surface area contributed by atoms with Crippen molar-refractivity contribution in [1.82, 2.24) is 0 Å². The topological polar surface area (TPSA) is 111 Å². The van der Waals surface area contributed by atoms with Crippen molar-refractivity contribution >= 4 is 35.1 Å². The predicted octanol–water partition coefficient (Wildman–Crippen LogP) is 4.16. The summed E-state index contributed by atoms with van der Waals surface area (Å²) in [4.78, 5) is 47.7. The van der Waals surface area contributed by atoms with Crippen LogP contribution in [0.2, 0.25) is 0 Å². The Labute approximate surface area is 193 Å². The minimum Gasteiger partial charge on any atom is -0.462 e. The summed E-state index contributed by atoms with van der Waals surface area (Å²) in [5.74, 6) is -1.67. The van der Waals surface area contributed by atoms with Gasteiger partial charge in [-0.2, -0.15) is 0 Å². The molecule has 0 saturated heterocycles. The van der Waals surface area contributed by atoms with Gasteiger partial charge in [-0.25, -0.2) is 4.79 Å². The first kappa shape index (κ1) is 25.6. The molecule has 2 aromatic rings. The van der Waals surface area contributed by atoms with E-state index in [2.05, 4.69) is 10.6 Å². The van der Waals surface area contributed by atoms with Gasteiger partial charge in [-0.05, 0) is 68.1 Å². The van der Waals surface area contributed by atoms with Gasteiger partial charge in [-0.1, -0.05) is 19.1 Å². The van der Waals surface area contributed by atoms with Crippen LogP contribution in [0.3, 0.4) is 0 Å². The van der Waals surface area contributed by atoms with Gasteiger partial charge in [0.25, 0.3) is 5.91 Å². The molecule has 176 valence electrons. The zero-order valence-electron chi connectivity index (χ0n) is 19.2. The molecule has 0 aliphatic heterocycles. The third kappa shape index (κ3) is 9.14. The van der Waals surface area contributed by atoms with Gasteiger partial charge >= 0.3 is 11.9 Å². The summed E-state index contributed by atoms with van der Waals surface area (Å²) in [7, 11) is 0. The smallest absolute Gasteiger partial charge is 0.338 e. The second-order valence-corrected chi connectivity index (χ2v) is 7.64. The molecule has 2 N–H and O–H groups in total. The fourth-order valence-electron chi connectivity index (χ4n) is 2.86. The van der Waals surface area contributed by atoms with Gasteiger partial charge in [0.15, 0.2) is 6.61 Å². The van der Waals surface area contributed by atoms with E-state index in [1.165, 1.54) is 0 Å². The van der Waals surface area contributed by atoms with Crippen LogP contribution in [0.4, 0.5) is 11.4 Å². The highest BCUT2D eigenvalue weighted by Crippen LogP contribution is 2.17. The molecule has 0 spiro atoms. The van der Waals surface area contributed by atoms with Crippen LogP contribution in [0.25, 0.3) is 0 Å². The van der Waals surface area contributed by atoms with E-state index in [4.69, 9.17) is 9.47 Å². The highest BCUT2D eigenvalue weighted by atomic mass is 16.5. The number of aryl methyl sites for hydroxylation is 2. The van der Waals surface area contributed by atoms with Crippen LogP contribution in [-0.4, -0.2) is 37.0 Å². The van der Waals surface area contributed by atoms with Gasteiger partial charge in [-0.3, -0.25) is 14.4 Å². The van der Waals surface area contributed by atoms with Gasteiger partial charge in [0.05, 0.1) is 12.2 Å². The summed E-state index contributed by atoms with van der Waals surface area (Å²) in [5, 5.41) is 5.42. The molecule has 0 saturated carbocycles. The number of esters is 2. The van der Waals surface area contributed by atoms with Gasteiger partial charge in [0, 0.05) is 24.2 Å². The predicted molar refractivity (Wildman–Crippen MR) is 125 cm³/mol. The summed E-state index contributed by atoms with van der Waals surface area (Å²) in [6, 6.07) is 12.0. The minimum absolute atomic E-state index is 0.0298. The molecule has 2 amide bonds. The van der Waals surface area contributed by atoms with Crippen molar-refractivity contribution in [3.8, 4) is 0 Å². The van der Waals surface area contributed by atoms with E-state index < -0.39 is 24.5 Å². The van der Waals surface area contributed by atoms with Gasteiger partial charge < -0.3 is 20.1 Å². The lowest BCUT2D eigenvalue weighted by atomic mass is 10.1. The number of hydrogen-bond donors (Lipinski definition) is 2. The number of rotatable bonds is 11. The molecule has 33 heavy (non-hydrogen) atoms. The summed E-state index contributed by atoms with van der Waals surface area (Å²) < 4.78 is 10.0. The fourth-order valence-corrected chi connectivity index (χ4v) is 2.86. The standard InChI is InChI=1S/C25H30N2O6/c1-4-14-32-25(31)19-10-12-20(13-11-19)26-23(29)16-33-24(30)7-5-6-22(28)27-21-15-17(2)8-9-18(21)3/h8-13,15H,4-7,14,16H2,1-3H3,(H,26,29)(H,27,28). The molecule has 2 aromatic carbocycles. The van der Waals surface area contributed by atoms with Crippen LogP contribution in [0, 0.1) is 13.8 Å². The largest absolute Gasteiger partial charge is 0.462 e. The van der Waals surface area contributed by atoms with Crippen molar-refractivity contribution in [3.05, 3.63) is 59.2 Å². The second kappa shape index (κ2) is 13.0. The normalized spacial score (nSPS) is 10.3. The van der Waals surface area contributed by atoms with Crippen molar-refractivity contribution in [2.24, 2.45) is 0 Å². The number of nitrogens with one attached hydrogen (secondary N) is 2. The molecule has 0 unspecified atom stereocenters. The third-order valence-corrected chi connectivity index (χ3v) is 4.66. The molecule has 0 radical (unpaired) electrons. The lowest BCUT2D eigenvalue weighted by Gasteiger charge is -2.09. The van der Waals surface area contributed by atoms with Crippen LogP contribution in [0.5, 0.6) is 0 Å². The van der Waals surface area contributed by atoms with Crippen LogP contribution in [-0.2, 0) is 23.9 Å². The van der Waals surface area contributed by atoms with E-state index in [1.54, 1.807) is 24.3 Å². The van der Waals surface area contributed by atoms with Crippen LogP contribution < -0.4 is 10.6 Å². The molecule has 2 rings (SSSR count). The molecule has 0 aromatic heterocycles. The Hall–Kier alpha value is -3.68. The van der Waals surface area contributed by atoms with E-state index >= 15 is 0 Å². The Kier molecular flexibility index (Phi) is 10.1. The number of ether oxygens (including phenoxy) is 2. The summed E-state index contributed by atoms with van der Waals surface area (Å²) in [5.41, 5.74) is 3.61. The summed E-state index contributed by atoms with van der Waals surface area (Å²) in [6.45, 7) is 5.67. The van der Waals surface area contributed by atoms with E-state index in [9.17, 15) is 19.2 Å². The van der Waals surface area contributed by atoms with Crippen molar-refractivity contribution in [2.75, 3.05) is 23.8 Å². The van der Waals surface area contributed by atoms with Crippen LogP contribution in [0.1, 0.15) is 54.1 Å². The summed E-state index contributed by atoms with van der Waals surface area (Å²) >= 11 is 0. The van der Waals surface area contributed by atoms with E-state index in [0.29, 0.717) is 24.3 Å². The maximum atomic E-state index is 12.1. The average molecular weight is 455 g/mol. The van der Waals surface area contributed by atoms with Gasteiger partial charge in [-0.15, -0.1) is 0 Å². The number of carbonyl (C=O) groups is 4. The number of amides is 2. The summed E-state index contributed by atoms with van der Waals surface area (Å²) in [6.07, 6.45) is 1.25. The lowest BCUT2D eigenvalue weighted by Crippen LogP contribution is -2.21. The zero-order chi connectivity index (χ0) is 24.2. The monoisotopic (exact) mass is 454 g/mol. The van der Waals surface area contributed by atoms with Crippen molar-refractivity contribution in [3.63, 3.8) is 0 Å². The molecule has 0 fully saturated rings. The Bertz CT molecular complexity index is 985. The van der Waals surface area contributed by atoms with Crippen molar-refractivity contribution in [1.29, 1.82) is 0 Å². The Morgan fingerprint density at radius 3 is 2.27 bits per heavy atom. The molecule has 0 atom stereocenters. The highest BCUT2D eigenvalue weighted by molar-refractivity contribution is 5.94. The first-order valence-electron chi connectivity index (χ1n) is 10.9. The second-order valence-electron chi connectivity index (χ2n) is 7.64. The van der Waals surface area contributed by atoms with E-state index in [1.807, 2.05) is 39.0 Å². The molecular formula is C25H30N2O6. The maximum absolute atomic E-state index is 12.1. The van der Waals surface area contributed by atoms with E-state index in [-0.39, 0.29) is 18.7 Å². The van der Waals surface area contributed by atoms with Gasteiger partial charge in [0.2, 0.25) is 5.91 Å². The number of benzene rings is 2. The van der Waals surface area contributed by atoms with Crippen molar-refractivity contribution in [2.45, 2.75) is 46.5 Å². The average Bonchev–Trinajstić information content (AvgIpc) is 2.79. The molecule has 0 aliphatic rings. The molecule has 8 heteroatoms. The van der Waals surface area contributed by atoms with E-state index in [0.717, 1.165) is 23.2 Å². The number of anilines is 2. The zero-order valence-corrected chi connectivity index (χ0v) is 19.2. The Morgan fingerprint density at radius 2 is 1.58 bits per heavy atom. The SMILES string of the molecule is CCCOC(=O)c1ccc(NC(=O)COC(=O)CCCC(=O)Nc2cc(C)ccc2C)cc1. The first-order valence-corrected chi connectivity index (χ1v) is 10.9. The van der Waals surface area contributed by atoms with Gasteiger partial charge in [0.1, 0.15) is 0 Å². The number of carbonyl (C=O) groups excluding carboxylic acids is 4. The molecule has 8 nitrogen and oxygen atoms in total. The Morgan fingerprint density at radius 1 is 0.848 bits per heavy atom. The quantitative estimate of drug-likeness (QED) is 0.493. The molecule has 0 bridgehead atoms. The fraction of sp³-hybridized carbons (Fsp3) is 0.360. The molecular weight excluding hydrogens is 424 g/mol. The minimum atomic E-state index is -0.557. The third-order valence-electron chi connectivity index (χ3n) is 4.66. The van der Waals surface area contributed by atoms with Crippen molar-refractivity contribution < 1.29 is 28.7 Å². The lowest BCUT2D eigenvalue weighted by molar-refractivity contribution is -0.147. The van der Waals surface area contributed by atoms with Crippen LogP contribution >= 0.6 is 0 Å². The molecule has 0 heterocycles. The van der Waals surface area contributed by atoms with Crippen LogP contribution in [0.15, 0.2) is 42.5 Å². The molecule has 0 aliphatic carbocycles.